The molecule has 1 aromatic carbocycles. The molecule has 1 aromatic rings. The summed E-state index contributed by atoms with van der Waals surface area (Å²) in [4.78, 5) is 14.1. The number of piperidine rings is 1. The number of hydrogen-bond donors (Lipinski definition) is 1. The maximum atomic E-state index is 12.3. The molecule has 4 heteroatoms. The van der Waals surface area contributed by atoms with Gasteiger partial charge in [0.15, 0.2) is 0 Å². The lowest BCUT2D eigenvalue weighted by atomic mass is 9.89. The van der Waals surface area contributed by atoms with Gasteiger partial charge in [0.1, 0.15) is 5.60 Å². The minimum Gasteiger partial charge on any atom is -0.444 e. The molecule has 2 heterocycles. The van der Waals surface area contributed by atoms with Crippen molar-refractivity contribution < 1.29 is 9.53 Å². The van der Waals surface area contributed by atoms with E-state index in [2.05, 4.69) is 36.5 Å². The Bertz CT molecular complexity index is 600. The van der Waals surface area contributed by atoms with Gasteiger partial charge in [-0.25, -0.2) is 4.79 Å². The van der Waals surface area contributed by atoms with Crippen LogP contribution < -0.4 is 5.32 Å². The molecule has 1 amide bonds. The molecule has 2 aliphatic rings. The summed E-state index contributed by atoms with van der Waals surface area (Å²) >= 11 is 0. The molecule has 0 aromatic heterocycles. The Kier molecular flexibility index (Phi) is 5.38. The minimum absolute atomic E-state index is 0.186. The van der Waals surface area contributed by atoms with Crippen molar-refractivity contribution in [1.29, 1.82) is 0 Å². The lowest BCUT2D eigenvalue weighted by molar-refractivity contribution is 0.0292. The number of likely N-dealkylation sites (tertiary alicyclic amines) is 1. The third-order valence-corrected chi connectivity index (χ3v) is 5.29. The fourth-order valence-corrected chi connectivity index (χ4v) is 3.84. The van der Waals surface area contributed by atoms with Crippen molar-refractivity contribution in [2.24, 2.45) is 5.92 Å². The molecule has 2 saturated heterocycles. The maximum Gasteiger partial charge on any atom is 0.410 e. The van der Waals surface area contributed by atoms with Crippen LogP contribution in [0.4, 0.5) is 4.79 Å². The summed E-state index contributed by atoms with van der Waals surface area (Å²) in [6, 6.07) is 9.42. The molecule has 1 unspecified atom stereocenters. The van der Waals surface area contributed by atoms with Crippen LogP contribution in [0.1, 0.15) is 70.0 Å². The second kappa shape index (κ2) is 7.36. The first-order valence-corrected chi connectivity index (χ1v) is 9.63. The summed E-state index contributed by atoms with van der Waals surface area (Å²) in [6.45, 7) is 10.7. The van der Waals surface area contributed by atoms with Crippen LogP contribution in [0.5, 0.6) is 0 Å². The van der Waals surface area contributed by atoms with Crippen molar-refractivity contribution >= 4 is 6.09 Å². The van der Waals surface area contributed by atoms with Crippen LogP contribution in [0.3, 0.4) is 0 Å². The highest BCUT2D eigenvalue weighted by molar-refractivity contribution is 5.68. The predicted molar refractivity (Wildman–Crippen MR) is 101 cm³/mol. The van der Waals surface area contributed by atoms with E-state index >= 15 is 0 Å². The summed E-state index contributed by atoms with van der Waals surface area (Å²) in [5.41, 5.74) is 2.31. The van der Waals surface area contributed by atoms with Gasteiger partial charge in [-0.1, -0.05) is 31.2 Å². The Labute approximate surface area is 151 Å². The lowest BCUT2D eigenvalue weighted by Crippen LogP contribution is -2.35. The molecule has 4 nitrogen and oxygen atoms in total. The van der Waals surface area contributed by atoms with E-state index < -0.39 is 5.60 Å². The van der Waals surface area contributed by atoms with E-state index in [1.807, 2.05) is 25.7 Å². The summed E-state index contributed by atoms with van der Waals surface area (Å²) in [5, 5.41) is 3.67. The zero-order valence-electron chi connectivity index (χ0n) is 16.0. The molecule has 0 radical (unpaired) electrons. The smallest absolute Gasteiger partial charge is 0.410 e. The second-order valence-electron chi connectivity index (χ2n) is 8.73. The van der Waals surface area contributed by atoms with Crippen LogP contribution in [0, 0.1) is 5.92 Å². The van der Waals surface area contributed by atoms with E-state index in [0.717, 1.165) is 32.0 Å². The standard InChI is InChI=1S/C21H32N2O2/c1-15-8-9-19(22-13-15)17-7-5-6-16(12-17)18-10-11-23(14-18)20(24)25-21(2,3)4/h5-7,12,15,18-19,22H,8-11,13-14H2,1-4H3/t15-,18?,19+/m0/s1. The van der Waals surface area contributed by atoms with Crippen LogP contribution in [0.2, 0.25) is 0 Å². The molecule has 0 aliphatic carbocycles. The van der Waals surface area contributed by atoms with Gasteiger partial charge in [0, 0.05) is 25.0 Å². The Morgan fingerprint density at radius 3 is 2.64 bits per heavy atom. The van der Waals surface area contributed by atoms with Gasteiger partial charge in [0.05, 0.1) is 0 Å². The molecule has 0 spiro atoms. The van der Waals surface area contributed by atoms with E-state index in [-0.39, 0.29) is 6.09 Å². The SMILES string of the molecule is C[C@H]1CC[C@H](c2cccc(C3CCN(C(=O)OC(C)(C)C)C3)c2)NC1. The van der Waals surface area contributed by atoms with E-state index in [1.54, 1.807) is 0 Å². The maximum absolute atomic E-state index is 12.3. The highest BCUT2D eigenvalue weighted by Gasteiger charge is 2.31. The highest BCUT2D eigenvalue weighted by atomic mass is 16.6. The van der Waals surface area contributed by atoms with Gasteiger partial charge in [0.25, 0.3) is 0 Å². The minimum atomic E-state index is -0.432. The van der Waals surface area contributed by atoms with Crippen LogP contribution in [0.25, 0.3) is 0 Å². The third-order valence-electron chi connectivity index (χ3n) is 5.29. The first-order valence-electron chi connectivity index (χ1n) is 9.63. The van der Waals surface area contributed by atoms with E-state index in [9.17, 15) is 4.79 Å². The van der Waals surface area contributed by atoms with Gasteiger partial charge in [-0.2, -0.15) is 0 Å². The fourth-order valence-electron chi connectivity index (χ4n) is 3.84. The third kappa shape index (κ3) is 4.75. The number of nitrogens with zero attached hydrogens (tertiary/aromatic N) is 1. The van der Waals surface area contributed by atoms with Crippen molar-refractivity contribution in [3.05, 3.63) is 35.4 Å². The molecule has 0 saturated carbocycles. The van der Waals surface area contributed by atoms with E-state index in [0.29, 0.717) is 12.0 Å². The fraction of sp³-hybridized carbons (Fsp3) is 0.667. The normalized spacial score (nSPS) is 27.4. The number of ether oxygens (including phenoxy) is 1. The van der Waals surface area contributed by atoms with Crippen molar-refractivity contribution in [1.82, 2.24) is 10.2 Å². The molecule has 3 rings (SSSR count). The zero-order chi connectivity index (χ0) is 18.0. The number of nitrogens with one attached hydrogen (secondary N) is 1. The molecular formula is C21H32N2O2. The molecule has 1 N–H and O–H groups in total. The molecule has 3 atom stereocenters. The van der Waals surface area contributed by atoms with E-state index in [4.69, 9.17) is 4.74 Å². The zero-order valence-corrected chi connectivity index (χ0v) is 16.0. The monoisotopic (exact) mass is 344 g/mol. The Morgan fingerprint density at radius 1 is 1.20 bits per heavy atom. The highest BCUT2D eigenvalue weighted by Crippen LogP contribution is 2.32. The Morgan fingerprint density at radius 2 is 1.96 bits per heavy atom. The lowest BCUT2D eigenvalue weighted by Gasteiger charge is -2.28. The summed E-state index contributed by atoms with van der Waals surface area (Å²) in [5.74, 6) is 1.19. The Balaban J connectivity index is 1.63. The molecule has 2 fully saturated rings. The van der Waals surface area contributed by atoms with Crippen molar-refractivity contribution in [3.63, 3.8) is 0 Å². The number of carbonyl (C=O) groups is 1. The van der Waals surface area contributed by atoms with Crippen molar-refractivity contribution in [3.8, 4) is 0 Å². The predicted octanol–water partition coefficient (Wildman–Crippen LogP) is 4.47. The topological polar surface area (TPSA) is 41.6 Å². The number of amides is 1. The van der Waals surface area contributed by atoms with Crippen LogP contribution in [-0.4, -0.2) is 36.2 Å². The number of benzene rings is 1. The van der Waals surface area contributed by atoms with Gasteiger partial charge in [-0.05, 0) is 63.6 Å². The first kappa shape index (κ1) is 18.2. The Hall–Kier alpha value is -1.55. The van der Waals surface area contributed by atoms with Gasteiger partial charge in [-0.3, -0.25) is 0 Å². The number of rotatable bonds is 2. The summed E-state index contributed by atoms with van der Waals surface area (Å²) in [7, 11) is 0. The second-order valence-corrected chi connectivity index (χ2v) is 8.73. The average Bonchev–Trinajstić information content (AvgIpc) is 3.04. The summed E-state index contributed by atoms with van der Waals surface area (Å²) in [6.07, 6.45) is 3.32. The quantitative estimate of drug-likeness (QED) is 0.860. The van der Waals surface area contributed by atoms with Crippen LogP contribution in [0.15, 0.2) is 24.3 Å². The molecule has 138 valence electrons. The van der Waals surface area contributed by atoms with E-state index in [1.165, 1.54) is 24.0 Å². The van der Waals surface area contributed by atoms with Gasteiger partial charge in [0.2, 0.25) is 0 Å². The largest absolute Gasteiger partial charge is 0.444 e. The molecular weight excluding hydrogens is 312 g/mol. The van der Waals surface area contributed by atoms with Crippen molar-refractivity contribution in [2.45, 2.75) is 64.5 Å². The first-order chi connectivity index (χ1) is 11.8. The molecule has 2 aliphatic heterocycles. The number of carbonyl (C=O) groups excluding carboxylic acids is 1. The summed E-state index contributed by atoms with van der Waals surface area (Å²) < 4.78 is 5.51. The van der Waals surface area contributed by atoms with Gasteiger partial charge in [-0.15, -0.1) is 0 Å². The molecule has 25 heavy (non-hydrogen) atoms. The van der Waals surface area contributed by atoms with Crippen LogP contribution >= 0.6 is 0 Å². The van der Waals surface area contributed by atoms with Crippen molar-refractivity contribution in [2.75, 3.05) is 19.6 Å². The van der Waals surface area contributed by atoms with Gasteiger partial charge < -0.3 is 15.0 Å². The van der Waals surface area contributed by atoms with Crippen LogP contribution in [-0.2, 0) is 4.74 Å². The average molecular weight is 344 g/mol. The van der Waals surface area contributed by atoms with Gasteiger partial charge >= 0.3 is 6.09 Å². The molecule has 0 bridgehead atoms. The number of hydrogen-bond acceptors (Lipinski definition) is 3.